The summed E-state index contributed by atoms with van der Waals surface area (Å²) in [6.07, 6.45) is 0. The second kappa shape index (κ2) is 7.51. The van der Waals surface area contributed by atoms with Crippen LogP contribution >= 0.6 is 0 Å². The summed E-state index contributed by atoms with van der Waals surface area (Å²) in [4.78, 5) is 8.48. The van der Waals surface area contributed by atoms with Gasteiger partial charge in [-0.25, -0.2) is 4.98 Å². The van der Waals surface area contributed by atoms with E-state index in [1.54, 1.807) is 13.2 Å². The Morgan fingerprint density at radius 3 is 2.89 bits per heavy atom. The van der Waals surface area contributed by atoms with Gasteiger partial charge < -0.3 is 24.7 Å². The summed E-state index contributed by atoms with van der Waals surface area (Å²) < 4.78 is 22.0. The number of hydrogen-bond acceptors (Lipinski definition) is 7. The van der Waals surface area contributed by atoms with Crippen LogP contribution in [0, 0.1) is 0 Å². The molecule has 0 bridgehead atoms. The fourth-order valence-corrected chi connectivity index (χ4v) is 2.89. The number of fused-ring (bicyclic) bond motifs is 1. The molecular weight excluding hydrogens is 346 g/mol. The van der Waals surface area contributed by atoms with E-state index < -0.39 is 0 Å². The number of methoxy groups -OCH3 is 1. The zero-order valence-electron chi connectivity index (χ0n) is 14.8. The number of aromatic nitrogens is 2. The Morgan fingerprint density at radius 1 is 1.11 bits per heavy atom. The molecule has 7 heteroatoms. The Kier molecular flexibility index (Phi) is 4.76. The first-order valence-electron chi connectivity index (χ1n) is 8.46. The fraction of sp³-hybridized carbons (Fsp3) is 0.200. The Hall–Kier alpha value is -3.32. The molecule has 2 aromatic carbocycles. The molecule has 0 unspecified atom stereocenters. The molecule has 0 atom stereocenters. The first-order valence-corrected chi connectivity index (χ1v) is 8.46. The molecule has 1 aliphatic heterocycles. The normalized spacial score (nSPS) is 12.8. The van der Waals surface area contributed by atoms with Gasteiger partial charge in [0, 0.05) is 17.2 Å². The lowest BCUT2D eigenvalue weighted by atomic mass is 10.1. The minimum atomic E-state index is 0.145. The van der Waals surface area contributed by atoms with E-state index in [2.05, 4.69) is 9.97 Å². The van der Waals surface area contributed by atoms with Crippen LogP contribution < -0.4 is 19.9 Å². The summed E-state index contributed by atoms with van der Waals surface area (Å²) in [7, 11) is 1.62. The molecule has 138 valence electrons. The van der Waals surface area contributed by atoms with Crippen LogP contribution in [0.25, 0.3) is 11.3 Å². The van der Waals surface area contributed by atoms with Gasteiger partial charge in [0.25, 0.3) is 0 Å². The standard InChI is InChI=1S/C20H19N3O4/c1-24-15-6-2-4-13(8-15)17-9-19(23-20(21)22-17)26-10-14-5-3-7-18-16(14)11-25-12-27-18/h2-9H,10-12H2,1H3,(H2,21,22,23). The van der Waals surface area contributed by atoms with Crippen LogP contribution in [0.3, 0.4) is 0 Å². The minimum absolute atomic E-state index is 0.145. The first kappa shape index (κ1) is 17.1. The first-order chi connectivity index (χ1) is 13.2. The highest BCUT2D eigenvalue weighted by atomic mass is 16.7. The van der Waals surface area contributed by atoms with E-state index in [1.165, 1.54) is 0 Å². The van der Waals surface area contributed by atoms with Crippen LogP contribution in [0.1, 0.15) is 11.1 Å². The molecule has 27 heavy (non-hydrogen) atoms. The van der Waals surface area contributed by atoms with Crippen molar-refractivity contribution in [2.75, 3.05) is 19.6 Å². The highest BCUT2D eigenvalue weighted by molar-refractivity contribution is 5.63. The van der Waals surface area contributed by atoms with E-state index in [-0.39, 0.29) is 12.7 Å². The number of nitrogen functional groups attached to an aromatic ring is 1. The van der Waals surface area contributed by atoms with E-state index in [0.29, 0.717) is 24.8 Å². The Labute approximate surface area is 156 Å². The summed E-state index contributed by atoms with van der Waals surface area (Å²) in [6.45, 7) is 1.09. The number of anilines is 1. The molecule has 7 nitrogen and oxygen atoms in total. The SMILES string of the molecule is COc1cccc(-c2cc(OCc3cccc4c3COCO4)nc(N)n2)c1. The summed E-state index contributed by atoms with van der Waals surface area (Å²) in [6, 6.07) is 15.2. The van der Waals surface area contributed by atoms with E-state index in [1.807, 2.05) is 42.5 Å². The number of rotatable bonds is 5. The van der Waals surface area contributed by atoms with Gasteiger partial charge in [-0.3, -0.25) is 0 Å². The number of hydrogen-bond donors (Lipinski definition) is 1. The van der Waals surface area contributed by atoms with Gasteiger partial charge in [0.1, 0.15) is 18.1 Å². The molecule has 0 fully saturated rings. The zero-order valence-corrected chi connectivity index (χ0v) is 14.8. The average Bonchev–Trinajstić information content (AvgIpc) is 2.72. The highest BCUT2D eigenvalue weighted by Crippen LogP contribution is 2.29. The van der Waals surface area contributed by atoms with Crippen LogP contribution in [-0.2, 0) is 18.0 Å². The van der Waals surface area contributed by atoms with Crippen molar-refractivity contribution in [2.45, 2.75) is 13.2 Å². The van der Waals surface area contributed by atoms with E-state index in [9.17, 15) is 0 Å². The molecule has 1 aromatic heterocycles. The molecule has 0 amide bonds. The van der Waals surface area contributed by atoms with Gasteiger partial charge in [-0.15, -0.1) is 0 Å². The predicted molar refractivity (Wildman–Crippen MR) is 99.5 cm³/mol. The molecule has 0 saturated carbocycles. The Morgan fingerprint density at radius 2 is 2.00 bits per heavy atom. The zero-order chi connectivity index (χ0) is 18.6. The van der Waals surface area contributed by atoms with Gasteiger partial charge >= 0.3 is 0 Å². The van der Waals surface area contributed by atoms with Gasteiger partial charge in [0.15, 0.2) is 6.79 Å². The van der Waals surface area contributed by atoms with Crippen molar-refractivity contribution < 1.29 is 18.9 Å². The third kappa shape index (κ3) is 3.78. The largest absolute Gasteiger partial charge is 0.497 e. The predicted octanol–water partition coefficient (Wildman–Crippen LogP) is 3.18. The summed E-state index contributed by atoms with van der Waals surface area (Å²) in [5.74, 6) is 2.10. The van der Waals surface area contributed by atoms with Gasteiger partial charge in [0.05, 0.1) is 19.4 Å². The second-order valence-corrected chi connectivity index (χ2v) is 5.97. The van der Waals surface area contributed by atoms with Crippen molar-refractivity contribution in [1.29, 1.82) is 0 Å². The van der Waals surface area contributed by atoms with Gasteiger partial charge in [-0.1, -0.05) is 24.3 Å². The quantitative estimate of drug-likeness (QED) is 0.743. The van der Waals surface area contributed by atoms with Gasteiger partial charge in [0.2, 0.25) is 11.8 Å². The van der Waals surface area contributed by atoms with E-state index >= 15 is 0 Å². The molecule has 0 radical (unpaired) electrons. The number of nitrogens with two attached hydrogens (primary N) is 1. The lowest BCUT2D eigenvalue weighted by Gasteiger charge is -2.20. The van der Waals surface area contributed by atoms with E-state index in [4.69, 9.17) is 24.7 Å². The Bertz CT molecular complexity index is 962. The van der Waals surface area contributed by atoms with Crippen molar-refractivity contribution in [3.05, 3.63) is 59.7 Å². The van der Waals surface area contributed by atoms with Crippen molar-refractivity contribution in [1.82, 2.24) is 9.97 Å². The van der Waals surface area contributed by atoms with Crippen LogP contribution in [0.5, 0.6) is 17.4 Å². The van der Waals surface area contributed by atoms with E-state index in [0.717, 1.165) is 28.2 Å². The molecular formula is C20H19N3O4. The highest BCUT2D eigenvalue weighted by Gasteiger charge is 2.15. The lowest BCUT2D eigenvalue weighted by molar-refractivity contribution is -0.0172. The number of nitrogens with zero attached hydrogens (tertiary/aromatic N) is 2. The average molecular weight is 365 g/mol. The third-order valence-corrected chi connectivity index (χ3v) is 4.24. The molecule has 0 saturated heterocycles. The molecule has 4 rings (SSSR count). The summed E-state index contributed by atoms with van der Waals surface area (Å²) in [5, 5.41) is 0. The number of benzene rings is 2. The van der Waals surface area contributed by atoms with Crippen LogP contribution in [0.4, 0.5) is 5.95 Å². The van der Waals surface area contributed by atoms with Crippen LogP contribution in [0.15, 0.2) is 48.5 Å². The van der Waals surface area contributed by atoms with Gasteiger partial charge in [-0.2, -0.15) is 4.98 Å². The maximum atomic E-state index is 5.88. The van der Waals surface area contributed by atoms with Crippen LogP contribution in [-0.4, -0.2) is 23.9 Å². The topological polar surface area (TPSA) is 88.7 Å². The minimum Gasteiger partial charge on any atom is -0.497 e. The molecule has 1 aliphatic rings. The molecule has 0 spiro atoms. The molecule has 2 heterocycles. The lowest BCUT2D eigenvalue weighted by Crippen LogP contribution is -2.14. The van der Waals surface area contributed by atoms with Gasteiger partial charge in [-0.05, 0) is 23.8 Å². The Balaban J connectivity index is 1.57. The fourth-order valence-electron chi connectivity index (χ4n) is 2.89. The summed E-state index contributed by atoms with van der Waals surface area (Å²) >= 11 is 0. The maximum absolute atomic E-state index is 5.88. The van der Waals surface area contributed by atoms with Crippen molar-refractivity contribution in [2.24, 2.45) is 0 Å². The van der Waals surface area contributed by atoms with Crippen molar-refractivity contribution in [3.63, 3.8) is 0 Å². The number of ether oxygens (including phenoxy) is 4. The smallest absolute Gasteiger partial charge is 0.223 e. The maximum Gasteiger partial charge on any atom is 0.223 e. The second-order valence-electron chi connectivity index (χ2n) is 5.97. The van der Waals surface area contributed by atoms with Crippen molar-refractivity contribution >= 4 is 5.95 Å². The summed E-state index contributed by atoms with van der Waals surface area (Å²) in [5.41, 5.74) is 9.37. The third-order valence-electron chi connectivity index (χ3n) is 4.24. The van der Waals surface area contributed by atoms with Crippen molar-refractivity contribution in [3.8, 4) is 28.6 Å². The van der Waals surface area contributed by atoms with Crippen LogP contribution in [0.2, 0.25) is 0 Å². The molecule has 2 N–H and O–H groups in total. The monoisotopic (exact) mass is 365 g/mol. The molecule has 0 aliphatic carbocycles. The molecule has 3 aromatic rings.